The van der Waals surface area contributed by atoms with Crippen LogP contribution in [0.3, 0.4) is 0 Å². The van der Waals surface area contributed by atoms with Gasteiger partial charge in [0.2, 0.25) is 0 Å². The van der Waals surface area contributed by atoms with Crippen LogP contribution in [-0.4, -0.2) is 27.9 Å². The number of hydrogen-bond donors (Lipinski definition) is 1. The van der Waals surface area contributed by atoms with Crippen molar-refractivity contribution in [1.82, 2.24) is 20.1 Å². The minimum absolute atomic E-state index is 0.567. The Balaban J connectivity index is 2.09. The summed E-state index contributed by atoms with van der Waals surface area (Å²) in [6.07, 6.45) is 5.30. The molecule has 2 rings (SSSR count). The molecule has 1 N–H and O–H groups in total. The second-order valence-corrected chi connectivity index (χ2v) is 3.88. The minimum atomic E-state index is 0.567. The first-order chi connectivity index (χ1) is 6.92. The van der Waals surface area contributed by atoms with E-state index in [1.165, 1.54) is 18.7 Å². The number of aromatic nitrogens is 3. The van der Waals surface area contributed by atoms with Gasteiger partial charge in [0.05, 0.1) is 0 Å². The first-order valence-corrected chi connectivity index (χ1v) is 5.50. The van der Waals surface area contributed by atoms with Gasteiger partial charge in [-0.05, 0) is 25.8 Å². The highest BCUT2D eigenvalue weighted by atomic mass is 15.3. The van der Waals surface area contributed by atoms with Crippen molar-refractivity contribution in [2.75, 3.05) is 13.1 Å². The monoisotopic (exact) mass is 194 g/mol. The van der Waals surface area contributed by atoms with Gasteiger partial charge < -0.3 is 5.32 Å². The summed E-state index contributed by atoms with van der Waals surface area (Å²) in [5.74, 6) is 1.73. The Morgan fingerprint density at radius 2 is 2.57 bits per heavy atom. The molecule has 1 aromatic heterocycles. The molecule has 14 heavy (non-hydrogen) atoms. The molecule has 0 bridgehead atoms. The van der Waals surface area contributed by atoms with E-state index in [2.05, 4.69) is 27.0 Å². The molecule has 1 saturated heterocycles. The predicted octanol–water partition coefficient (Wildman–Crippen LogP) is 1.16. The van der Waals surface area contributed by atoms with Crippen molar-refractivity contribution in [1.29, 1.82) is 0 Å². The average Bonchev–Trinajstić information content (AvgIpc) is 2.68. The first kappa shape index (κ1) is 9.65. The molecule has 4 nitrogen and oxygen atoms in total. The van der Waals surface area contributed by atoms with Crippen molar-refractivity contribution in [2.24, 2.45) is 0 Å². The number of nitrogens with one attached hydrogen (secondary N) is 1. The summed E-state index contributed by atoms with van der Waals surface area (Å²) >= 11 is 0. The zero-order valence-corrected chi connectivity index (χ0v) is 8.74. The lowest BCUT2D eigenvalue weighted by atomic mass is 9.99. The fourth-order valence-electron chi connectivity index (χ4n) is 2.05. The lowest BCUT2D eigenvalue weighted by molar-refractivity contribution is 0.422. The lowest BCUT2D eigenvalue weighted by Gasteiger charge is -2.22. The molecule has 0 aliphatic carbocycles. The van der Waals surface area contributed by atoms with Gasteiger partial charge >= 0.3 is 0 Å². The molecule has 1 fully saturated rings. The van der Waals surface area contributed by atoms with Crippen LogP contribution >= 0.6 is 0 Å². The second kappa shape index (κ2) is 4.55. The molecule has 2 heterocycles. The molecular weight excluding hydrogens is 176 g/mol. The van der Waals surface area contributed by atoms with Crippen molar-refractivity contribution in [3.05, 3.63) is 12.2 Å². The molecule has 0 aromatic carbocycles. The SMILES string of the molecule is CCCn1ncnc1C1CCCNC1. The van der Waals surface area contributed by atoms with Gasteiger partial charge in [-0.2, -0.15) is 5.10 Å². The van der Waals surface area contributed by atoms with Crippen LogP contribution in [0, 0.1) is 0 Å². The zero-order chi connectivity index (χ0) is 9.80. The summed E-state index contributed by atoms with van der Waals surface area (Å²) < 4.78 is 2.05. The van der Waals surface area contributed by atoms with E-state index in [0.717, 1.165) is 26.1 Å². The van der Waals surface area contributed by atoms with Gasteiger partial charge in [0.25, 0.3) is 0 Å². The second-order valence-electron chi connectivity index (χ2n) is 3.88. The number of nitrogens with zero attached hydrogens (tertiary/aromatic N) is 3. The van der Waals surface area contributed by atoms with E-state index in [9.17, 15) is 0 Å². The molecule has 1 atom stereocenters. The third kappa shape index (κ3) is 1.95. The summed E-state index contributed by atoms with van der Waals surface area (Å²) in [6.45, 7) is 5.37. The Kier molecular flexibility index (Phi) is 3.14. The lowest BCUT2D eigenvalue weighted by Crippen LogP contribution is -2.30. The molecule has 1 unspecified atom stereocenters. The van der Waals surface area contributed by atoms with Crippen molar-refractivity contribution < 1.29 is 0 Å². The maximum Gasteiger partial charge on any atom is 0.138 e. The molecule has 1 aromatic rings. The predicted molar refractivity (Wildman–Crippen MR) is 55.2 cm³/mol. The molecule has 1 aliphatic rings. The molecule has 78 valence electrons. The Bertz CT molecular complexity index is 275. The Morgan fingerprint density at radius 1 is 1.64 bits per heavy atom. The molecule has 0 saturated carbocycles. The summed E-state index contributed by atoms with van der Waals surface area (Å²) in [6, 6.07) is 0. The van der Waals surface area contributed by atoms with Crippen molar-refractivity contribution in [2.45, 2.75) is 38.6 Å². The Hall–Kier alpha value is -0.900. The third-order valence-electron chi connectivity index (χ3n) is 2.74. The fourth-order valence-corrected chi connectivity index (χ4v) is 2.05. The Labute approximate surface area is 84.7 Å². The van der Waals surface area contributed by atoms with Crippen LogP contribution in [-0.2, 0) is 6.54 Å². The number of piperidine rings is 1. The van der Waals surface area contributed by atoms with E-state index >= 15 is 0 Å². The molecule has 1 aliphatic heterocycles. The van der Waals surface area contributed by atoms with Gasteiger partial charge in [0.15, 0.2) is 0 Å². The summed E-state index contributed by atoms with van der Waals surface area (Å²) in [7, 11) is 0. The number of rotatable bonds is 3. The van der Waals surface area contributed by atoms with E-state index in [1.807, 2.05) is 0 Å². The van der Waals surface area contributed by atoms with Crippen LogP contribution < -0.4 is 5.32 Å². The van der Waals surface area contributed by atoms with E-state index in [0.29, 0.717) is 5.92 Å². The smallest absolute Gasteiger partial charge is 0.138 e. The van der Waals surface area contributed by atoms with Gasteiger partial charge in [-0.3, -0.25) is 0 Å². The van der Waals surface area contributed by atoms with Gasteiger partial charge in [-0.1, -0.05) is 6.92 Å². The maximum absolute atomic E-state index is 4.37. The Morgan fingerprint density at radius 3 is 3.29 bits per heavy atom. The van der Waals surface area contributed by atoms with Crippen molar-refractivity contribution in [3.8, 4) is 0 Å². The largest absolute Gasteiger partial charge is 0.316 e. The van der Waals surface area contributed by atoms with Crippen LogP contribution in [0.4, 0.5) is 0 Å². The summed E-state index contributed by atoms with van der Waals surface area (Å²) in [4.78, 5) is 4.37. The third-order valence-corrected chi connectivity index (χ3v) is 2.74. The van der Waals surface area contributed by atoms with Crippen molar-refractivity contribution in [3.63, 3.8) is 0 Å². The highest BCUT2D eigenvalue weighted by Crippen LogP contribution is 2.20. The number of hydrogen-bond acceptors (Lipinski definition) is 3. The topological polar surface area (TPSA) is 42.7 Å². The first-order valence-electron chi connectivity index (χ1n) is 5.50. The highest BCUT2D eigenvalue weighted by Gasteiger charge is 2.19. The molecule has 4 heteroatoms. The molecule has 0 spiro atoms. The minimum Gasteiger partial charge on any atom is -0.316 e. The maximum atomic E-state index is 4.37. The van der Waals surface area contributed by atoms with E-state index in [-0.39, 0.29) is 0 Å². The van der Waals surface area contributed by atoms with Crippen LogP contribution in [0.2, 0.25) is 0 Å². The van der Waals surface area contributed by atoms with Crippen LogP contribution in [0.5, 0.6) is 0 Å². The van der Waals surface area contributed by atoms with Gasteiger partial charge in [0.1, 0.15) is 12.2 Å². The van der Waals surface area contributed by atoms with Crippen molar-refractivity contribution >= 4 is 0 Å². The zero-order valence-electron chi connectivity index (χ0n) is 8.74. The van der Waals surface area contributed by atoms with Gasteiger partial charge in [0, 0.05) is 19.0 Å². The standard InChI is InChI=1S/C10H18N4/c1-2-6-14-10(12-8-13-14)9-4-3-5-11-7-9/h8-9,11H,2-7H2,1H3. The summed E-state index contributed by atoms with van der Waals surface area (Å²) in [5.41, 5.74) is 0. The molecule has 0 radical (unpaired) electrons. The molecule has 0 amide bonds. The van der Waals surface area contributed by atoms with Crippen LogP contribution in [0.1, 0.15) is 37.9 Å². The normalized spacial score (nSPS) is 22.5. The van der Waals surface area contributed by atoms with Crippen LogP contribution in [0.25, 0.3) is 0 Å². The van der Waals surface area contributed by atoms with Gasteiger partial charge in [-0.25, -0.2) is 9.67 Å². The van der Waals surface area contributed by atoms with E-state index < -0.39 is 0 Å². The number of aryl methyl sites for hydroxylation is 1. The van der Waals surface area contributed by atoms with Gasteiger partial charge in [-0.15, -0.1) is 0 Å². The molecular formula is C10H18N4. The fraction of sp³-hybridized carbons (Fsp3) is 0.800. The summed E-state index contributed by atoms with van der Waals surface area (Å²) in [5, 5.41) is 7.67. The quantitative estimate of drug-likeness (QED) is 0.785. The average molecular weight is 194 g/mol. The van der Waals surface area contributed by atoms with Crippen LogP contribution in [0.15, 0.2) is 6.33 Å². The van der Waals surface area contributed by atoms with E-state index in [1.54, 1.807) is 6.33 Å². The van der Waals surface area contributed by atoms with E-state index in [4.69, 9.17) is 0 Å². The highest BCUT2D eigenvalue weighted by molar-refractivity contribution is 4.98.